The highest BCUT2D eigenvalue weighted by molar-refractivity contribution is 5.58. The molecule has 1 aromatic carbocycles. The van der Waals surface area contributed by atoms with E-state index in [0.29, 0.717) is 19.0 Å². The van der Waals surface area contributed by atoms with Crippen molar-refractivity contribution < 1.29 is 13.9 Å². The molecule has 0 unspecified atom stereocenters. The van der Waals surface area contributed by atoms with Crippen LogP contribution in [0.4, 0.5) is 4.39 Å². The first-order chi connectivity index (χ1) is 8.83. The number of aromatic nitrogens is 2. The number of rotatable bonds is 2. The Morgan fingerprint density at radius 1 is 1.17 bits per heavy atom. The number of H-pyrrole nitrogens is 1. The molecule has 3 rings (SSSR count). The first-order valence-corrected chi connectivity index (χ1v) is 5.87. The van der Waals surface area contributed by atoms with Crippen LogP contribution in [-0.4, -0.2) is 23.2 Å². The Bertz CT molecular complexity index is 518. The van der Waals surface area contributed by atoms with Gasteiger partial charge in [-0.05, 0) is 36.2 Å². The fraction of sp³-hybridized carbons (Fsp3) is 0.308. The molecule has 0 radical (unpaired) electrons. The maximum Gasteiger partial charge on any atom is 0.217 e. The minimum absolute atomic E-state index is 0.252. The van der Waals surface area contributed by atoms with Crippen LogP contribution in [0.25, 0.3) is 11.3 Å². The molecule has 1 saturated heterocycles. The Kier molecular flexibility index (Phi) is 3.08. The monoisotopic (exact) mass is 248 g/mol. The SMILES string of the molecule is Fc1ccc(-c2cnc(C3OCCCO3)[nH]2)cc1. The number of aromatic amines is 1. The standard InChI is InChI=1S/C13H13FN2O2/c14-10-4-2-9(3-5-10)11-8-15-12(16-11)13-17-6-1-7-18-13/h2-5,8,13H,1,6-7H2,(H,15,16). The first-order valence-electron chi connectivity index (χ1n) is 5.87. The van der Waals surface area contributed by atoms with Crippen molar-refractivity contribution in [1.82, 2.24) is 9.97 Å². The van der Waals surface area contributed by atoms with Crippen molar-refractivity contribution in [3.63, 3.8) is 0 Å². The summed E-state index contributed by atoms with van der Waals surface area (Å²) in [5, 5.41) is 0. The summed E-state index contributed by atoms with van der Waals surface area (Å²) in [5.74, 6) is 0.395. The quantitative estimate of drug-likeness (QED) is 0.888. The van der Waals surface area contributed by atoms with Crippen molar-refractivity contribution >= 4 is 0 Å². The second kappa shape index (κ2) is 4.88. The molecule has 0 aliphatic carbocycles. The lowest BCUT2D eigenvalue weighted by atomic mass is 10.2. The van der Waals surface area contributed by atoms with Crippen molar-refractivity contribution in [3.8, 4) is 11.3 Å². The molecule has 4 nitrogen and oxygen atoms in total. The second-order valence-electron chi connectivity index (χ2n) is 4.12. The van der Waals surface area contributed by atoms with Gasteiger partial charge in [-0.25, -0.2) is 9.37 Å². The maximum atomic E-state index is 12.8. The molecular weight excluding hydrogens is 235 g/mol. The van der Waals surface area contributed by atoms with Crippen LogP contribution in [0.1, 0.15) is 18.5 Å². The van der Waals surface area contributed by atoms with E-state index < -0.39 is 6.29 Å². The Balaban J connectivity index is 1.82. The van der Waals surface area contributed by atoms with Crippen molar-refractivity contribution in [2.24, 2.45) is 0 Å². The third-order valence-electron chi connectivity index (χ3n) is 2.80. The normalized spacial score (nSPS) is 16.9. The molecule has 0 spiro atoms. The lowest BCUT2D eigenvalue weighted by molar-refractivity contribution is -0.186. The summed E-state index contributed by atoms with van der Waals surface area (Å²) in [6.07, 6.45) is 2.18. The van der Waals surface area contributed by atoms with Crippen LogP contribution in [-0.2, 0) is 9.47 Å². The van der Waals surface area contributed by atoms with E-state index in [2.05, 4.69) is 9.97 Å². The van der Waals surface area contributed by atoms with Crippen LogP contribution in [0.3, 0.4) is 0 Å². The van der Waals surface area contributed by atoms with Crippen LogP contribution in [0.2, 0.25) is 0 Å². The number of hydrogen-bond donors (Lipinski definition) is 1. The van der Waals surface area contributed by atoms with Crippen LogP contribution < -0.4 is 0 Å². The predicted molar refractivity (Wildman–Crippen MR) is 63.2 cm³/mol. The smallest absolute Gasteiger partial charge is 0.217 e. The molecule has 94 valence electrons. The predicted octanol–water partition coefficient (Wildman–Crippen LogP) is 2.65. The van der Waals surface area contributed by atoms with Gasteiger partial charge in [-0.2, -0.15) is 0 Å². The van der Waals surface area contributed by atoms with Crippen molar-refractivity contribution in [3.05, 3.63) is 42.1 Å². The molecule has 18 heavy (non-hydrogen) atoms. The highest BCUT2D eigenvalue weighted by Crippen LogP contribution is 2.23. The topological polar surface area (TPSA) is 47.1 Å². The lowest BCUT2D eigenvalue weighted by Gasteiger charge is -2.21. The highest BCUT2D eigenvalue weighted by Gasteiger charge is 2.19. The lowest BCUT2D eigenvalue weighted by Crippen LogP contribution is -2.18. The van der Waals surface area contributed by atoms with Crippen molar-refractivity contribution in [1.29, 1.82) is 0 Å². The van der Waals surface area contributed by atoms with Gasteiger partial charge in [0, 0.05) is 0 Å². The van der Waals surface area contributed by atoms with E-state index in [1.54, 1.807) is 18.3 Å². The summed E-state index contributed by atoms with van der Waals surface area (Å²) < 4.78 is 23.7. The van der Waals surface area contributed by atoms with E-state index in [1.165, 1.54) is 12.1 Å². The van der Waals surface area contributed by atoms with Crippen LogP contribution in [0.15, 0.2) is 30.5 Å². The van der Waals surface area contributed by atoms with Gasteiger partial charge in [-0.1, -0.05) is 0 Å². The molecule has 0 bridgehead atoms. The third-order valence-corrected chi connectivity index (χ3v) is 2.80. The molecular formula is C13H13FN2O2. The molecule has 2 heterocycles. The average Bonchev–Trinajstić information content (AvgIpc) is 2.90. The molecule has 1 aliphatic heterocycles. The summed E-state index contributed by atoms with van der Waals surface area (Å²) in [7, 11) is 0. The zero-order valence-corrected chi connectivity index (χ0v) is 9.73. The number of imidazole rings is 1. The number of nitrogens with zero attached hydrogens (tertiary/aromatic N) is 1. The van der Waals surface area contributed by atoms with Gasteiger partial charge in [-0.15, -0.1) is 0 Å². The van der Waals surface area contributed by atoms with Gasteiger partial charge in [0.05, 0.1) is 25.1 Å². The van der Waals surface area contributed by atoms with E-state index in [1.807, 2.05) is 0 Å². The van der Waals surface area contributed by atoms with E-state index in [9.17, 15) is 4.39 Å². The molecule has 0 saturated carbocycles. The Labute approximate surface area is 104 Å². The average molecular weight is 248 g/mol. The summed E-state index contributed by atoms with van der Waals surface area (Å²) in [4.78, 5) is 7.37. The molecule has 0 atom stereocenters. The van der Waals surface area contributed by atoms with Gasteiger partial charge in [0.25, 0.3) is 0 Å². The van der Waals surface area contributed by atoms with Crippen LogP contribution >= 0.6 is 0 Å². The molecule has 0 amide bonds. The van der Waals surface area contributed by atoms with E-state index in [4.69, 9.17) is 9.47 Å². The zero-order chi connectivity index (χ0) is 12.4. The fourth-order valence-electron chi connectivity index (χ4n) is 1.88. The summed E-state index contributed by atoms with van der Waals surface area (Å²) in [6, 6.07) is 6.25. The van der Waals surface area contributed by atoms with Gasteiger partial charge in [0.2, 0.25) is 6.29 Å². The summed E-state index contributed by atoms with van der Waals surface area (Å²) in [5.41, 5.74) is 1.70. The fourth-order valence-corrected chi connectivity index (χ4v) is 1.88. The van der Waals surface area contributed by atoms with Crippen molar-refractivity contribution in [2.45, 2.75) is 12.7 Å². The summed E-state index contributed by atoms with van der Waals surface area (Å²) >= 11 is 0. The number of nitrogens with one attached hydrogen (secondary N) is 1. The molecule has 1 fully saturated rings. The number of hydrogen-bond acceptors (Lipinski definition) is 3. The second-order valence-corrected chi connectivity index (χ2v) is 4.12. The highest BCUT2D eigenvalue weighted by atomic mass is 19.1. The maximum absolute atomic E-state index is 12.8. The number of halogens is 1. The third kappa shape index (κ3) is 2.27. The first kappa shape index (κ1) is 11.4. The molecule has 5 heteroatoms. The number of benzene rings is 1. The minimum atomic E-state index is -0.423. The zero-order valence-electron chi connectivity index (χ0n) is 9.73. The minimum Gasteiger partial charge on any atom is -0.346 e. The number of ether oxygens (including phenoxy) is 2. The molecule has 1 aromatic heterocycles. The Morgan fingerprint density at radius 3 is 2.61 bits per heavy atom. The largest absolute Gasteiger partial charge is 0.346 e. The van der Waals surface area contributed by atoms with Gasteiger partial charge in [-0.3, -0.25) is 0 Å². The van der Waals surface area contributed by atoms with E-state index in [-0.39, 0.29) is 5.82 Å². The van der Waals surface area contributed by atoms with Gasteiger partial charge in [0.15, 0.2) is 5.82 Å². The van der Waals surface area contributed by atoms with Gasteiger partial charge >= 0.3 is 0 Å². The van der Waals surface area contributed by atoms with Gasteiger partial charge in [0.1, 0.15) is 5.82 Å². The van der Waals surface area contributed by atoms with Crippen LogP contribution in [0, 0.1) is 5.82 Å². The van der Waals surface area contributed by atoms with Gasteiger partial charge < -0.3 is 14.5 Å². The van der Waals surface area contributed by atoms with Crippen LogP contribution in [0.5, 0.6) is 0 Å². The van der Waals surface area contributed by atoms with E-state index in [0.717, 1.165) is 17.7 Å². The molecule has 1 aliphatic rings. The summed E-state index contributed by atoms with van der Waals surface area (Å²) in [6.45, 7) is 1.36. The van der Waals surface area contributed by atoms with Crippen molar-refractivity contribution in [2.75, 3.05) is 13.2 Å². The molecule has 2 aromatic rings. The molecule has 1 N–H and O–H groups in total. The Hall–Kier alpha value is -1.72. The Morgan fingerprint density at radius 2 is 1.89 bits per heavy atom. The van der Waals surface area contributed by atoms with E-state index >= 15 is 0 Å².